The van der Waals surface area contributed by atoms with Gasteiger partial charge in [-0.3, -0.25) is 0 Å². The molecular weight excluding hydrogens is 275 g/mol. The van der Waals surface area contributed by atoms with Crippen LogP contribution in [0.2, 0.25) is 0 Å². The maximum absolute atomic E-state index is 13.5. The van der Waals surface area contributed by atoms with Gasteiger partial charge in [0.2, 0.25) is 10.0 Å². The van der Waals surface area contributed by atoms with Crippen LogP contribution in [0.25, 0.3) is 0 Å². The molecule has 1 aromatic rings. The summed E-state index contributed by atoms with van der Waals surface area (Å²) in [6.07, 6.45) is 1.73. The number of sulfonamides is 1. The number of hydrogen-bond donors (Lipinski definition) is 2. The monoisotopic (exact) mass is 290 g/mol. The third-order valence-corrected chi connectivity index (χ3v) is 4.48. The van der Waals surface area contributed by atoms with Crippen molar-refractivity contribution >= 4 is 27.5 Å². The summed E-state index contributed by atoms with van der Waals surface area (Å²) in [5.74, 6) is 0.501. The molecule has 0 aromatic heterocycles. The van der Waals surface area contributed by atoms with Crippen LogP contribution in [-0.2, 0) is 10.0 Å². The molecule has 0 atom stereocenters. The largest absolute Gasteiger partial charge is 0.399 e. The van der Waals surface area contributed by atoms with Gasteiger partial charge in [-0.25, -0.2) is 17.5 Å². The fraction of sp³-hybridized carbons (Fsp3) is 0.273. The zero-order valence-corrected chi connectivity index (χ0v) is 11.4. The Hall–Kier alpha value is -1.05. The molecule has 0 saturated carbocycles. The number of hydrogen-bond acceptors (Lipinski definition) is 4. The predicted molar refractivity (Wildman–Crippen MR) is 73.5 cm³/mol. The molecule has 0 aliphatic heterocycles. The molecule has 0 spiro atoms. The Bertz CT molecular complexity index is 518. The molecule has 0 saturated heterocycles. The lowest BCUT2D eigenvalue weighted by atomic mass is 10.3. The Morgan fingerprint density at radius 2 is 2.22 bits per heavy atom. The van der Waals surface area contributed by atoms with Crippen molar-refractivity contribution in [3.63, 3.8) is 0 Å². The van der Waals surface area contributed by atoms with Gasteiger partial charge in [0.05, 0.1) is 0 Å². The molecule has 100 valence electrons. The number of anilines is 1. The van der Waals surface area contributed by atoms with Gasteiger partial charge in [0, 0.05) is 23.7 Å². The van der Waals surface area contributed by atoms with Crippen LogP contribution < -0.4 is 10.5 Å². The van der Waals surface area contributed by atoms with Crippen LogP contribution in [0, 0.1) is 5.82 Å². The second-order valence-electron chi connectivity index (χ2n) is 3.45. The zero-order valence-electron chi connectivity index (χ0n) is 9.73. The fourth-order valence-corrected chi connectivity index (χ4v) is 3.03. The smallest absolute Gasteiger partial charge is 0.243 e. The third-order valence-electron chi connectivity index (χ3n) is 2.02. The molecule has 0 heterocycles. The summed E-state index contributed by atoms with van der Waals surface area (Å²) in [6.45, 7) is 3.79. The van der Waals surface area contributed by atoms with E-state index in [9.17, 15) is 12.8 Å². The Balaban J connectivity index is 2.65. The Morgan fingerprint density at radius 3 is 2.83 bits per heavy atom. The maximum Gasteiger partial charge on any atom is 0.243 e. The molecule has 7 heteroatoms. The van der Waals surface area contributed by atoms with E-state index in [4.69, 9.17) is 5.73 Å². The maximum atomic E-state index is 13.5. The molecule has 3 N–H and O–H groups in total. The first kappa shape index (κ1) is 15.0. The van der Waals surface area contributed by atoms with E-state index in [2.05, 4.69) is 11.3 Å². The Labute approximate surface area is 111 Å². The van der Waals surface area contributed by atoms with E-state index >= 15 is 0 Å². The summed E-state index contributed by atoms with van der Waals surface area (Å²) in [6, 6.07) is 3.50. The van der Waals surface area contributed by atoms with Gasteiger partial charge >= 0.3 is 0 Å². The van der Waals surface area contributed by atoms with Crippen molar-refractivity contribution < 1.29 is 12.8 Å². The first-order valence-corrected chi connectivity index (χ1v) is 7.84. The average molecular weight is 290 g/mol. The number of nitrogens with one attached hydrogen (secondary N) is 1. The second kappa shape index (κ2) is 6.77. The van der Waals surface area contributed by atoms with Crippen LogP contribution in [0.4, 0.5) is 10.1 Å². The van der Waals surface area contributed by atoms with Crippen molar-refractivity contribution in [1.29, 1.82) is 0 Å². The van der Waals surface area contributed by atoms with Gasteiger partial charge in [-0.1, -0.05) is 6.08 Å². The lowest BCUT2D eigenvalue weighted by Crippen LogP contribution is -2.27. The Kier molecular flexibility index (Phi) is 5.64. The first-order chi connectivity index (χ1) is 8.47. The minimum Gasteiger partial charge on any atom is -0.399 e. The minimum atomic E-state index is -3.81. The highest BCUT2D eigenvalue weighted by Gasteiger charge is 2.18. The van der Waals surface area contributed by atoms with E-state index in [1.54, 1.807) is 6.08 Å². The van der Waals surface area contributed by atoms with Crippen LogP contribution in [0.15, 0.2) is 35.7 Å². The number of rotatable bonds is 7. The van der Waals surface area contributed by atoms with Crippen LogP contribution in [0.1, 0.15) is 0 Å². The van der Waals surface area contributed by atoms with Crippen molar-refractivity contribution in [1.82, 2.24) is 4.72 Å². The van der Waals surface area contributed by atoms with E-state index in [0.29, 0.717) is 5.75 Å². The SMILES string of the molecule is C=CCSCCNS(=O)(=O)c1ccc(N)cc1F. The lowest BCUT2D eigenvalue weighted by molar-refractivity contribution is 0.559. The molecule has 1 aromatic carbocycles. The van der Waals surface area contributed by atoms with Crippen molar-refractivity contribution in [2.75, 3.05) is 23.8 Å². The van der Waals surface area contributed by atoms with Gasteiger partial charge in [0.25, 0.3) is 0 Å². The van der Waals surface area contributed by atoms with Crippen LogP contribution in [0.3, 0.4) is 0 Å². The highest BCUT2D eigenvalue weighted by Crippen LogP contribution is 2.16. The van der Waals surface area contributed by atoms with Crippen LogP contribution in [0.5, 0.6) is 0 Å². The normalized spacial score (nSPS) is 11.4. The summed E-state index contributed by atoms with van der Waals surface area (Å²) in [7, 11) is -3.81. The predicted octanol–water partition coefficient (Wildman–Crippen LogP) is 1.61. The number of halogens is 1. The van der Waals surface area contributed by atoms with Crippen molar-refractivity contribution in [3.8, 4) is 0 Å². The van der Waals surface area contributed by atoms with Gasteiger partial charge in [-0.15, -0.1) is 6.58 Å². The third kappa shape index (κ3) is 4.32. The molecule has 0 bridgehead atoms. The van der Waals surface area contributed by atoms with Crippen molar-refractivity contribution in [2.24, 2.45) is 0 Å². The standard InChI is InChI=1S/C11H15FN2O2S2/c1-2-6-17-7-5-14-18(15,16)11-4-3-9(13)8-10(11)12/h2-4,8,14H,1,5-7,13H2. The fourth-order valence-electron chi connectivity index (χ4n) is 1.23. The molecular formula is C11H15FN2O2S2. The van der Waals surface area contributed by atoms with Gasteiger partial charge in [0.15, 0.2) is 0 Å². The number of nitrogens with two attached hydrogens (primary N) is 1. The van der Waals surface area contributed by atoms with E-state index in [0.717, 1.165) is 17.9 Å². The topological polar surface area (TPSA) is 72.2 Å². The van der Waals surface area contributed by atoms with Gasteiger partial charge in [0.1, 0.15) is 10.7 Å². The molecule has 0 amide bonds. The molecule has 1 rings (SSSR count). The molecule has 18 heavy (non-hydrogen) atoms. The second-order valence-corrected chi connectivity index (χ2v) is 6.34. The summed E-state index contributed by atoms with van der Waals surface area (Å²) in [5, 5.41) is 0. The highest BCUT2D eigenvalue weighted by molar-refractivity contribution is 7.99. The van der Waals surface area contributed by atoms with Gasteiger partial charge in [-0.2, -0.15) is 11.8 Å². The average Bonchev–Trinajstić information content (AvgIpc) is 2.28. The van der Waals surface area contributed by atoms with Gasteiger partial charge in [-0.05, 0) is 18.2 Å². The summed E-state index contributed by atoms with van der Waals surface area (Å²) in [5.41, 5.74) is 5.55. The summed E-state index contributed by atoms with van der Waals surface area (Å²) >= 11 is 1.54. The number of thioether (sulfide) groups is 1. The van der Waals surface area contributed by atoms with E-state index in [1.807, 2.05) is 0 Å². The number of nitrogen functional groups attached to an aromatic ring is 1. The molecule has 0 unspecified atom stereocenters. The zero-order chi connectivity index (χ0) is 13.6. The summed E-state index contributed by atoms with van der Waals surface area (Å²) < 4.78 is 39.3. The minimum absolute atomic E-state index is 0.188. The Morgan fingerprint density at radius 1 is 1.50 bits per heavy atom. The molecule has 0 fully saturated rings. The molecule has 0 aliphatic carbocycles. The summed E-state index contributed by atoms with van der Waals surface area (Å²) in [4.78, 5) is -0.384. The highest BCUT2D eigenvalue weighted by atomic mass is 32.2. The van der Waals surface area contributed by atoms with Crippen molar-refractivity contribution in [3.05, 3.63) is 36.7 Å². The first-order valence-electron chi connectivity index (χ1n) is 5.20. The number of benzene rings is 1. The van der Waals surface area contributed by atoms with Crippen LogP contribution in [-0.4, -0.2) is 26.5 Å². The lowest BCUT2D eigenvalue weighted by Gasteiger charge is -2.07. The molecule has 0 radical (unpaired) electrons. The quantitative estimate of drug-likeness (QED) is 0.454. The van der Waals surface area contributed by atoms with E-state index in [1.165, 1.54) is 17.8 Å². The molecule has 0 aliphatic rings. The molecule has 4 nitrogen and oxygen atoms in total. The van der Waals surface area contributed by atoms with E-state index in [-0.39, 0.29) is 17.1 Å². The van der Waals surface area contributed by atoms with E-state index < -0.39 is 15.8 Å². The van der Waals surface area contributed by atoms with Crippen LogP contribution >= 0.6 is 11.8 Å². The van der Waals surface area contributed by atoms with Crippen molar-refractivity contribution in [2.45, 2.75) is 4.90 Å². The van der Waals surface area contributed by atoms with Gasteiger partial charge < -0.3 is 5.73 Å².